The van der Waals surface area contributed by atoms with Crippen LogP contribution in [0, 0.1) is 13.8 Å². The average Bonchev–Trinajstić information content (AvgIpc) is 3.21. The topological polar surface area (TPSA) is 73.0 Å². The van der Waals surface area contributed by atoms with Crippen LogP contribution in [0.1, 0.15) is 35.5 Å². The Kier molecular flexibility index (Phi) is 4.46. The Bertz CT molecular complexity index is 800. The van der Waals surface area contributed by atoms with Gasteiger partial charge in [0.15, 0.2) is 0 Å². The zero-order valence-corrected chi connectivity index (χ0v) is 14.0. The molecule has 0 saturated heterocycles. The van der Waals surface area contributed by atoms with E-state index < -0.39 is 0 Å². The Labute approximate surface area is 140 Å². The summed E-state index contributed by atoms with van der Waals surface area (Å²) in [5.41, 5.74) is 3.70. The fraction of sp³-hybridized carbons (Fsp3) is 0.278. The lowest BCUT2D eigenvalue weighted by atomic mass is 10.1. The minimum atomic E-state index is -0.0743. The minimum Gasteiger partial charge on any atom is -0.361 e. The van der Waals surface area contributed by atoms with Crippen molar-refractivity contribution in [3.63, 3.8) is 0 Å². The molecule has 0 aliphatic carbocycles. The first-order chi connectivity index (χ1) is 11.5. The van der Waals surface area contributed by atoms with Gasteiger partial charge in [0.1, 0.15) is 5.76 Å². The van der Waals surface area contributed by atoms with Crippen molar-refractivity contribution in [2.45, 2.75) is 33.2 Å². The van der Waals surface area contributed by atoms with Gasteiger partial charge in [0.25, 0.3) is 0 Å². The van der Waals surface area contributed by atoms with Crippen LogP contribution in [0.5, 0.6) is 0 Å². The van der Waals surface area contributed by atoms with Gasteiger partial charge >= 0.3 is 0 Å². The van der Waals surface area contributed by atoms with Crippen molar-refractivity contribution in [3.05, 3.63) is 65.6 Å². The molecule has 0 bridgehead atoms. The Morgan fingerprint density at radius 2 is 2.04 bits per heavy atom. The number of aromatic nitrogens is 3. The van der Waals surface area contributed by atoms with Gasteiger partial charge in [0.2, 0.25) is 5.91 Å². The third-order valence-corrected chi connectivity index (χ3v) is 4.09. The molecule has 2 aromatic heterocycles. The molecule has 3 aromatic rings. The number of carbonyl (C=O) groups excluding carboxylic acids is 1. The molecular weight excluding hydrogens is 304 g/mol. The molecule has 6 nitrogen and oxygen atoms in total. The normalized spacial score (nSPS) is 12.1. The van der Waals surface area contributed by atoms with Crippen molar-refractivity contribution in [2.75, 3.05) is 0 Å². The third kappa shape index (κ3) is 3.37. The van der Waals surface area contributed by atoms with Crippen molar-refractivity contribution in [1.29, 1.82) is 0 Å². The van der Waals surface area contributed by atoms with E-state index in [2.05, 4.69) is 15.5 Å². The second-order valence-corrected chi connectivity index (χ2v) is 5.83. The van der Waals surface area contributed by atoms with Crippen molar-refractivity contribution >= 4 is 5.91 Å². The molecule has 1 amide bonds. The van der Waals surface area contributed by atoms with Crippen molar-refractivity contribution in [2.24, 2.45) is 0 Å². The van der Waals surface area contributed by atoms with Gasteiger partial charge in [-0.15, -0.1) is 0 Å². The summed E-state index contributed by atoms with van der Waals surface area (Å²) in [6.07, 6.45) is 5.66. The number of benzene rings is 1. The van der Waals surface area contributed by atoms with Gasteiger partial charge in [0.05, 0.1) is 24.5 Å². The second kappa shape index (κ2) is 6.70. The first kappa shape index (κ1) is 16.0. The molecule has 1 aromatic carbocycles. The SMILES string of the molecule is Cc1noc(C)c1CC(=O)N[C@H](C)c1ccc(-n2ccnc2)cc1. The number of rotatable bonds is 5. The molecule has 24 heavy (non-hydrogen) atoms. The smallest absolute Gasteiger partial charge is 0.225 e. The van der Waals surface area contributed by atoms with Gasteiger partial charge in [0, 0.05) is 23.6 Å². The summed E-state index contributed by atoms with van der Waals surface area (Å²) in [6.45, 7) is 5.63. The summed E-state index contributed by atoms with van der Waals surface area (Å²) in [6, 6.07) is 7.96. The summed E-state index contributed by atoms with van der Waals surface area (Å²) in [7, 11) is 0. The molecule has 2 heterocycles. The second-order valence-electron chi connectivity index (χ2n) is 5.83. The Morgan fingerprint density at radius 1 is 1.29 bits per heavy atom. The van der Waals surface area contributed by atoms with Crippen LogP contribution in [0.15, 0.2) is 47.5 Å². The number of nitrogens with zero attached hydrogens (tertiary/aromatic N) is 3. The molecule has 124 valence electrons. The van der Waals surface area contributed by atoms with Gasteiger partial charge < -0.3 is 14.4 Å². The average molecular weight is 324 g/mol. The highest BCUT2D eigenvalue weighted by molar-refractivity contribution is 5.79. The summed E-state index contributed by atoms with van der Waals surface area (Å²) < 4.78 is 7.03. The van der Waals surface area contributed by atoms with Gasteiger partial charge in [-0.2, -0.15) is 0 Å². The van der Waals surface area contributed by atoms with Crippen LogP contribution in [-0.4, -0.2) is 20.6 Å². The van der Waals surface area contributed by atoms with Crippen LogP contribution in [0.25, 0.3) is 5.69 Å². The molecule has 0 spiro atoms. The summed E-state index contributed by atoms with van der Waals surface area (Å²) in [5, 5.41) is 6.89. The number of hydrogen-bond acceptors (Lipinski definition) is 4. The largest absolute Gasteiger partial charge is 0.361 e. The number of aryl methyl sites for hydroxylation is 2. The maximum absolute atomic E-state index is 12.3. The number of hydrogen-bond donors (Lipinski definition) is 1. The van der Waals surface area contributed by atoms with Crippen LogP contribution in [0.3, 0.4) is 0 Å². The number of imidazole rings is 1. The third-order valence-electron chi connectivity index (χ3n) is 4.09. The standard InChI is InChI=1S/C18H20N4O2/c1-12(20-18(23)10-17-13(2)21-24-14(17)3)15-4-6-16(7-5-15)22-9-8-19-11-22/h4-9,11-12H,10H2,1-3H3,(H,20,23)/t12-/m1/s1. The van der Waals surface area contributed by atoms with E-state index in [0.29, 0.717) is 5.76 Å². The molecule has 3 rings (SSSR count). The van der Waals surface area contributed by atoms with E-state index in [1.807, 2.05) is 55.8 Å². The molecule has 0 aliphatic heterocycles. The zero-order chi connectivity index (χ0) is 17.1. The van der Waals surface area contributed by atoms with Crippen molar-refractivity contribution in [3.8, 4) is 5.69 Å². The lowest BCUT2D eigenvalue weighted by Gasteiger charge is -2.15. The molecule has 0 unspecified atom stereocenters. The Hall–Kier alpha value is -2.89. The molecule has 1 N–H and O–H groups in total. The van der Waals surface area contributed by atoms with E-state index in [9.17, 15) is 4.79 Å². The fourth-order valence-electron chi connectivity index (χ4n) is 2.64. The first-order valence-corrected chi connectivity index (χ1v) is 7.84. The molecular formula is C18H20N4O2. The van der Waals surface area contributed by atoms with E-state index in [1.54, 1.807) is 12.5 Å². The first-order valence-electron chi connectivity index (χ1n) is 7.84. The summed E-state index contributed by atoms with van der Waals surface area (Å²) in [4.78, 5) is 16.3. The highest BCUT2D eigenvalue weighted by Gasteiger charge is 2.15. The van der Waals surface area contributed by atoms with Gasteiger partial charge in [-0.25, -0.2) is 4.98 Å². The molecule has 0 saturated carbocycles. The van der Waals surface area contributed by atoms with Crippen LogP contribution in [0.2, 0.25) is 0 Å². The van der Waals surface area contributed by atoms with Crippen LogP contribution in [0.4, 0.5) is 0 Å². The predicted molar refractivity (Wildman–Crippen MR) is 89.8 cm³/mol. The highest BCUT2D eigenvalue weighted by atomic mass is 16.5. The monoisotopic (exact) mass is 324 g/mol. The number of amides is 1. The summed E-state index contributed by atoms with van der Waals surface area (Å²) >= 11 is 0. The van der Waals surface area contributed by atoms with E-state index in [4.69, 9.17) is 4.52 Å². The van der Waals surface area contributed by atoms with Gasteiger partial charge in [-0.1, -0.05) is 17.3 Å². The van der Waals surface area contributed by atoms with E-state index in [0.717, 1.165) is 22.5 Å². The zero-order valence-electron chi connectivity index (χ0n) is 14.0. The minimum absolute atomic E-state index is 0.0458. The summed E-state index contributed by atoms with van der Waals surface area (Å²) in [5.74, 6) is 0.649. The molecule has 0 aliphatic rings. The lowest BCUT2D eigenvalue weighted by Crippen LogP contribution is -2.28. The van der Waals surface area contributed by atoms with E-state index in [-0.39, 0.29) is 18.4 Å². The fourth-order valence-corrected chi connectivity index (χ4v) is 2.64. The maximum atomic E-state index is 12.3. The molecule has 0 fully saturated rings. The van der Waals surface area contributed by atoms with Crippen molar-refractivity contribution in [1.82, 2.24) is 20.0 Å². The van der Waals surface area contributed by atoms with Crippen LogP contribution in [-0.2, 0) is 11.2 Å². The highest BCUT2D eigenvalue weighted by Crippen LogP contribution is 2.17. The van der Waals surface area contributed by atoms with E-state index >= 15 is 0 Å². The number of nitrogens with one attached hydrogen (secondary N) is 1. The van der Waals surface area contributed by atoms with Crippen LogP contribution >= 0.6 is 0 Å². The van der Waals surface area contributed by atoms with Crippen molar-refractivity contribution < 1.29 is 9.32 Å². The molecule has 0 radical (unpaired) electrons. The van der Waals surface area contributed by atoms with E-state index in [1.165, 1.54) is 0 Å². The quantitative estimate of drug-likeness (QED) is 0.783. The molecule has 1 atom stereocenters. The Morgan fingerprint density at radius 3 is 2.62 bits per heavy atom. The number of carbonyl (C=O) groups is 1. The van der Waals surface area contributed by atoms with Gasteiger partial charge in [-0.3, -0.25) is 4.79 Å². The Balaban J connectivity index is 1.64. The maximum Gasteiger partial charge on any atom is 0.225 e. The molecule has 6 heteroatoms. The predicted octanol–water partition coefficient (Wildman–Crippen LogP) is 2.90. The van der Waals surface area contributed by atoms with Gasteiger partial charge in [-0.05, 0) is 38.5 Å². The van der Waals surface area contributed by atoms with Crippen LogP contribution < -0.4 is 5.32 Å². The lowest BCUT2D eigenvalue weighted by molar-refractivity contribution is -0.121.